The summed E-state index contributed by atoms with van der Waals surface area (Å²) in [5.74, 6) is -0.256. The number of non-ortho nitro benzene ring substituents is 1. The van der Waals surface area contributed by atoms with Crippen LogP contribution in [0, 0.1) is 21.4 Å². The van der Waals surface area contributed by atoms with Gasteiger partial charge in [0.2, 0.25) is 0 Å². The van der Waals surface area contributed by atoms with Crippen LogP contribution < -0.4 is 15.4 Å². The Morgan fingerprint density at radius 2 is 2.27 bits per heavy atom. The quantitative estimate of drug-likeness (QED) is 0.337. The zero-order valence-corrected chi connectivity index (χ0v) is 13.8. The van der Waals surface area contributed by atoms with E-state index >= 15 is 0 Å². The van der Waals surface area contributed by atoms with E-state index < -0.39 is 10.8 Å². The van der Waals surface area contributed by atoms with Crippen molar-refractivity contribution in [1.82, 2.24) is 10.3 Å². The second-order valence-electron chi connectivity index (χ2n) is 5.00. The molecular formula is C17H15N5O4. The Hall–Kier alpha value is -3.93. The topological polar surface area (TPSA) is 130 Å². The lowest BCUT2D eigenvalue weighted by atomic mass is 10.2. The van der Waals surface area contributed by atoms with Crippen LogP contribution in [0.4, 0.5) is 11.4 Å². The highest BCUT2D eigenvalue weighted by atomic mass is 16.6. The number of amides is 1. The number of hydrogen-bond acceptors (Lipinski definition) is 7. The van der Waals surface area contributed by atoms with Gasteiger partial charge in [-0.15, -0.1) is 0 Å². The zero-order valence-electron chi connectivity index (χ0n) is 13.8. The summed E-state index contributed by atoms with van der Waals surface area (Å²) < 4.78 is 5.11. The zero-order chi connectivity index (χ0) is 18.9. The third-order valence-electron chi connectivity index (χ3n) is 3.31. The lowest BCUT2D eigenvalue weighted by Gasteiger charge is -2.09. The van der Waals surface area contributed by atoms with Gasteiger partial charge in [0.15, 0.2) is 0 Å². The van der Waals surface area contributed by atoms with Crippen LogP contribution in [0.2, 0.25) is 0 Å². The van der Waals surface area contributed by atoms with Gasteiger partial charge in [0.25, 0.3) is 11.6 Å². The first kappa shape index (κ1) is 18.4. The van der Waals surface area contributed by atoms with Gasteiger partial charge < -0.3 is 15.4 Å². The van der Waals surface area contributed by atoms with E-state index in [0.717, 1.165) is 5.56 Å². The highest BCUT2D eigenvalue weighted by molar-refractivity contribution is 5.97. The molecule has 1 aromatic carbocycles. The van der Waals surface area contributed by atoms with Crippen LogP contribution in [0.3, 0.4) is 0 Å². The molecule has 2 N–H and O–H groups in total. The molecule has 0 aliphatic carbocycles. The molecule has 2 rings (SSSR count). The summed E-state index contributed by atoms with van der Waals surface area (Å²) in [4.78, 5) is 26.3. The first-order valence-corrected chi connectivity index (χ1v) is 7.41. The Balaban J connectivity index is 2.11. The number of nitriles is 1. The summed E-state index contributed by atoms with van der Waals surface area (Å²) in [5.41, 5.74) is 0.699. The number of nitrogens with zero attached hydrogens (tertiary/aromatic N) is 3. The summed E-state index contributed by atoms with van der Waals surface area (Å²) in [6, 6.07) is 9.26. The van der Waals surface area contributed by atoms with Crippen molar-refractivity contribution in [2.24, 2.45) is 0 Å². The van der Waals surface area contributed by atoms with E-state index in [1.807, 2.05) is 0 Å². The molecule has 9 nitrogen and oxygen atoms in total. The fourth-order valence-corrected chi connectivity index (χ4v) is 2.00. The number of rotatable bonds is 7. The molecule has 1 aromatic heterocycles. The Bertz CT molecular complexity index is 874. The average molecular weight is 353 g/mol. The molecule has 26 heavy (non-hydrogen) atoms. The Morgan fingerprint density at radius 1 is 1.46 bits per heavy atom. The Kier molecular flexibility index (Phi) is 6.23. The molecule has 0 atom stereocenters. The number of nitrogens with one attached hydrogen (secondary N) is 2. The maximum Gasteiger partial charge on any atom is 0.271 e. The third kappa shape index (κ3) is 4.78. The van der Waals surface area contributed by atoms with Gasteiger partial charge in [-0.05, 0) is 17.7 Å². The minimum absolute atomic E-state index is 0.152. The predicted octanol–water partition coefficient (Wildman–Crippen LogP) is 2.13. The van der Waals surface area contributed by atoms with Gasteiger partial charge in [-0.3, -0.25) is 19.9 Å². The van der Waals surface area contributed by atoms with E-state index in [1.165, 1.54) is 31.5 Å². The molecule has 0 fully saturated rings. The molecule has 0 aliphatic heterocycles. The number of carbonyl (C=O) groups excluding carboxylic acids is 1. The molecule has 0 aliphatic rings. The Labute approximate surface area is 149 Å². The number of methoxy groups -OCH3 is 1. The fraction of sp³-hybridized carbons (Fsp3) is 0.118. The number of nitro benzene ring substituents is 1. The van der Waals surface area contributed by atoms with Crippen molar-refractivity contribution in [1.29, 1.82) is 5.26 Å². The normalized spacial score (nSPS) is 10.5. The van der Waals surface area contributed by atoms with Crippen molar-refractivity contribution in [2.75, 3.05) is 12.4 Å². The van der Waals surface area contributed by atoms with Gasteiger partial charge in [-0.25, -0.2) is 0 Å². The largest absolute Gasteiger partial charge is 0.495 e. The van der Waals surface area contributed by atoms with Gasteiger partial charge in [0, 0.05) is 37.3 Å². The second kappa shape index (κ2) is 8.79. The highest BCUT2D eigenvalue weighted by Crippen LogP contribution is 2.28. The molecule has 2 aromatic rings. The maximum absolute atomic E-state index is 12.1. The van der Waals surface area contributed by atoms with E-state index in [2.05, 4.69) is 15.6 Å². The predicted molar refractivity (Wildman–Crippen MR) is 93.1 cm³/mol. The standard InChI is InChI=1S/C17H15N5O4/c1-26-16-5-4-14(22(24)25)7-15(16)20-11-13(8-18)17(23)21-10-12-3-2-6-19-9-12/h2-7,9,11,20H,10H2,1H3,(H,21,23)/b13-11-. The lowest BCUT2D eigenvalue weighted by molar-refractivity contribution is -0.384. The van der Waals surface area contributed by atoms with Crippen LogP contribution in [-0.2, 0) is 11.3 Å². The van der Waals surface area contributed by atoms with Crippen LogP contribution in [0.5, 0.6) is 5.75 Å². The molecule has 0 saturated carbocycles. The van der Waals surface area contributed by atoms with Gasteiger partial charge in [0.05, 0.1) is 17.7 Å². The summed E-state index contributed by atoms with van der Waals surface area (Å²) in [6.45, 7) is 0.214. The van der Waals surface area contributed by atoms with E-state index in [1.54, 1.807) is 30.6 Å². The van der Waals surface area contributed by atoms with Crippen molar-refractivity contribution in [3.63, 3.8) is 0 Å². The van der Waals surface area contributed by atoms with Crippen molar-refractivity contribution >= 4 is 17.3 Å². The molecule has 0 unspecified atom stereocenters. The van der Waals surface area contributed by atoms with Gasteiger partial charge in [0.1, 0.15) is 17.4 Å². The number of ether oxygens (including phenoxy) is 1. The fourth-order valence-electron chi connectivity index (χ4n) is 2.00. The van der Waals surface area contributed by atoms with Crippen molar-refractivity contribution in [2.45, 2.75) is 6.54 Å². The number of pyridine rings is 1. The lowest BCUT2D eigenvalue weighted by Crippen LogP contribution is -2.24. The maximum atomic E-state index is 12.1. The van der Waals surface area contributed by atoms with Crippen molar-refractivity contribution in [3.05, 3.63) is 70.2 Å². The van der Waals surface area contributed by atoms with Crippen LogP contribution >= 0.6 is 0 Å². The molecule has 0 spiro atoms. The summed E-state index contributed by atoms with van der Waals surface area (Å²) in [7, 11) is 1.40. The number of hydrogen-bond donors (Lipinski definition) is 2. The van der Waals surface area contributed by atoms with Crippen molar-refractivity contribution < 1.29 is 14.5 Å². The van der Waals surface area contributed by atoms with E-state index in [-0.39, 0.29) is 23.5 Å². The SMILES string of the molecule is COc1ccc([N+](=O)[O-])cc1N/C=C(/C#N)C(=O)NCc1cccnc1. The third-order valence-corrected chi connectivity index (χ3v) is 3.31. The van der Waals surface area contributed by atoms with Gasteiger partial charge in [-0.1, -0.05) is 6.07 Å². The number of nitro groups is 1. The first-order chi connectivity index (χ1) is 12.5. The molecule has 9 heteroatoms. The molecule has 0 bridgehead atoms. The van der Waals surface area contributed by atoms with Crippen LogP contribution in [0.25, 0.3) is 0 Å². The van der Waals surface area contributed by atoms with E-state index in [0.29, 0.717) is 5.75 Å². The number of benzene rings is 1. The smallest absolute Gasteiger partial charge is 0.271 e. The van der Waals surface area contributed by atoms with E-state index in [9.17, 15) is 20.2 Å². The van der Waals surface area contributed by atoms with E-state index in [4.69, 9.17) is 4.74 Å². The van der Waals surface area contributed by atoms with Crippen LogP contribution in [-0.4, -0.2) is 22.9 Å². The first-order valence-electron chi connectivity index (χ1n) is 7.41. The van der Waals surface area contributed by atoms with Gasteiger partial charge >= 0.3 is 0 Å². The minimum Gasteiger partial charge on any atom is -0.495 e. The second-order valence-corrected chi connectivity index (χ2v) is 5.00. The highest BCUT2D eigenvalue weighted by Gasteiger charge is 2.12. The summed E-state index contributed by atoms with van der Waals surface area (Å²) in [5, 5.41) is 25.3. The van der Waals surface area contributed by atoms with Gasteiger partial charge in [-0.2, -0.15) is 5.26 Å². The molecule has 1 heterocycles. The molecular weight excluding hydrogens is 338 g/mol. The minimum atomic E-state index is -0.590. The van der Waals surface area contributed by atoms with Crippen LogP contribution in [0.1, 0.15) is 5.56 Å². The number of anilines is 1. The summed E-state index contributed by atoms with van der Waals surface area (Å²) >= 11 is 0. The van der Waals surface area contributed by atoms with Crippen LogP contribution in [0.15, 0.2) is 54.5 Å². The number of carbonyl (C=O) groups is 1. The number of aromatic nitrogens is 1. The summed E-state index contributed by atoms with van der Waals surface area (Å²) in [6.07, 6.45) is 4.38. The average Bonchev–Trinajstić information content (AvgIpc) is 2.67. The monoisotopic (exact) mass is 353 g/mol. The molecule has 1 amide bonds. The molecule has 0 saturated heterocycles. The molecule has 132 valence electrons. The van der Waals surface area contributed by atoms with Crippen molar-refractivity contribution in [3.8, 4) is 11.8 Å². The Morgan fingerprint density at radius 3 is 2.88 bits per heavy atom. The molecule has 0 radical (unpaired) electrons.